The van der Waals surface area contributed by atoms with Crippen LogP contribution < -0.4 is 10.1 Å². The molecule has 0 saturated heterocycles. The second-order valence-electron chi connectivity index (χ2n) is 3.16. The molecule has 1 aromatic rings. The Morgan fingerprint density at radius 3 is 3.15 bits per heavy atom. The van der Waals surface area contributed by atoms with Crippen LogP contribution in [-0.2, 0) is 6.42 Å². The van der Waals surface area contributed by atoms with E-state index in [1.807, 2.05) is 18.2 Å². The van der Waals surface area contributed by atoms with Crippen LogP contribution in [0.25, 0.3) is 0 Å². The highest BCUT2D eigenvalue weighted by Crippen LogP contribution is 2.27. The van der Waals surface area contributed by atoms with Crippen molar-refractivity contribution in [1.29, 1.82) is 0 Å². The summed E-state index contributed by atoms with van der Waals surface area (Å²) in [5, 5.41) is 3.21. The molecule has 0 aliphatic carbocycles. The monoisotopic (exact) mass is 181 g/mol. The normalized spacial score (nSPS) is 16.2. The Hall–Kier alpha value is -1.25. The van der Waals surface area contributed by atoms with Gasteiger partial charge in [-0.25, -0.2) is 4.39 Å². The van der Waals surface area contributed by atoms with E-state index >= 15 is 0 Å². The Labute approximate surface area is 76.7 Å². The van der Waals surface area contributed by atoms with Crippen LogP contribution in [0.4, 0.5) is 10.1 Å². The number of hydrogen-bond acceptors (Lipinski definition) is 2. The predicted octanol–water partition coefficient (Wildman–Crippen LogP) is 2.35. The van der Waals surface area contributed by atoms with Gasteiger partial charge in [0, 0.05) is 25.2 Å². The van der Waals surface area contributed by atoms with Crippen LogP contribution in [0.3, 0.4) is 0 Å². The van der Waals surface area contributed by atoms with E-state index < -0.39 is 6.36 Å². The summed E-state index contributed by atoms with van der Waals surface area (Å²) in [6, 6.07) is 5.63. The largest absolute Gasteiger partial charge is 0.461 e. The molecule has 0 aromatic heterocycles. The molecule has 1 aromatic carbocycles. The summed E-state index contributed by atoms with van der Waals surface area (Å²) in [5.41, 5.74) is 2.34. The van der Waals surface area contributed by atoms with Gasteiger partial charge in [0.05, 0.1) is 0 Å². The molecule has 1 aliphatic heterocycles. The van der Waals surface area contributed by atoms with Crippen LogP contribution >= 0.6 is 0 Å². The van der Waals surface area contributed by atoms with Crippen LogP contribution in [0.15, 0.2) is 18.2 Å². The Kier molecular flexibility index (Phi) is 2.08. The molecular formula is C10H12FNO. The second-order valence-corrected chi connectivity index (χ2v) is 3.16. The van der Waals surface area contributed by atoms with Crippen LogP contribution in [0, 0.1) is 0 Å². The highest BCUT2D eigenvalue weighted by molar-refractivity contribution is 5.58. The molecule has 0 radical (unpaired) electrons. The lowest BCUT2D eigenvalue weighted by Gasteiger charge is -2.08. The van der Waals surface area contributed by atoms with Crippen molar-refractivity contribution in [2.45, 2.75) is 19.7 Å². The van der Waals surface area contributed by atoms with E-state index in [2.05, 4.69) is 5.32 Å². The first-order valence-corrected chi connectivity index (χ1v) is 4.43. The molecule has 1 unspecified atom stereocenters. The first-order valence-electron chi connectivity index (χ1n) is 4.43. The van der Waals surface area contributed by atoms with Crippen molar-refractivity contribution < 1.29 is 9.13 Å². The molecule has 1 heterocycles. The maximum absolute atomic E-state index is 12.5. The molecule has 0 bridgehead atoms. The molecule has 3 heteroatoms. The molecule has 70 valence electrons. The topological polar surface area (TPSA) is 21.3 Å². The van der Waals surface area contributed by atoms with Crippen molar-refractivity contribution in [2.24, 2.45) is 0 Å². The van der Waals surface area contributed by atoms with E-state index in [-0.39, 0.29) is 0 Å². The zero-order chi connectivity index (χ0) is 9.26. The highest BCUT2D eigenvalue weighted by Gasteiger charge is 2.10. The number of alkyl halides is 1. The lowest BCUT2D eigenvalue weighted by molar-refractivity contribution is 0.0861. The minimum Gasteiger partial charge on any atom is -0.461 e. The number of benzene rings is 1. The van der Waals surface area contributed by atoms with Gasteiger partial charge in [-0.05, 0) is 18.1 Å². The fourth-order valence-electron chi connectivity index (χ4n) is 1.53. The van der Waals surface area contributed by atoms with Crippen LogP contribution in [0.1, 0.15) is 12.5 Å². The standard InChI is InChI=1S/C10H12FNO/c1-7(11)13-9-3-2-8-4-5-12-10(8)6-9/h2-3,6-7,12H,4-5H2,1H3. The molecule has 13 heavy (non-hydrogen) atoms. The molecular weight excluding hydrogens is 169 g/mol. The third-order valence-electron chi connectivity index (χ3n) is 2.09. The summed E-state index contributed by atoms with van der Waals surface area (Å²) < 4.78 is 17.4. The van der Waals surface area contributed by atoms with Gasteiger partial charge in [-0.2, -0.15) is 0 Å². The minimum atomic E-state index is -1.25. The number of fused-ring (bicyclic) bond motifs is 1. The quantitative estimate of drug-likeness (QED) is 0.756. The Bertz CT molecular complexity index is 312. The summed E-state index contributed by atoms with van der Waals surface area (Å²) in [6.07, 6.45) is -0.208. The number of halogens is 1. The van der Waals surface area contributed by atoms with Gasteiger partial charge in [-0.1, -0.05) is 6.07 Å². The number of hydrogen-bond donors (Lipinski definition) is 1. The molecule has 1 atom stereocenters. The fraction of sp³-hybridized carbons (Fsp3) is 0.400. The second kappa shape index (κ2) is 3.24. The minimum absolute atomic E-state index is 0.586. The number of rotatable bonds is 2. The average molecular weight is 181 g/mol. The average Bonchev–Trinajstić information content (AvgIpc) is 2.49. The van der Waals surface area contributed by atoms with Crippen molar-refractivity contribution in [3.05, 3.63) is 23.8 Å². The van der Waals surface area contributed by atoms with E-state index in [0.717, 1.165) is 18.7 Å². The summed E-state index contributed by atoms with van der Waals surface area (Å²) in [5.74, 6) is 0.586. The third-order valence-corrected chi connectivity index (χ3v) is 2.09. The number of nitrogens with one attached hydrogen (secondary N) is 1. The first-order chi connectivity index (χ1) is 6.25. The van der Waals surface area contributed by atoms with Gasteiger partial charge in [-0.3, -0.25) is 0 Å². The van der Waals surface area contributed by atoms with Crippen LogP contribution in [0.5, 0.6) is 5.75 Å². The number of ether oxygens (including phenoxy) is 1. The summed E-state index contributed by atoms with van der Waals surface area (Å²) in [7, 11) is 0. The van der Waals surface area contributed by atoms with E-state index in [0.29, 0.717) is 5.75 Å². The Morgan fingerprint density at radius 2 is 2.38 bits per heavy atom. The highest BCUT2D eigenvalue weighted by atomic mass is 19.1. The van der Waals surface area contributed by atoms with E-state index in [4.69, 9.17) is 4.74 Å². The molecule has 1 N–H and O–H groups in total. The molecule has 2 nitrogen and oxygen atoms in total. The van der Waals surface area contributed by atoms with Gasteiger partial charge in [0.25, 0.3) is 0 Å². The van der Waals surface area contributed by atoms with Crippen LogP contribution in [0.2, 0.25) is 0 Å². The van der Waals surface area contributed by atoms with Gasteiger partial charge in [0.2, 0.25) is 6.36 Å². The Morgan fingerprint density at radius 1 is 1.54 bits per heavy atom. The maximum atomic E-state index is 12.5. The Balaban J connectivity index is 2.21. The van der Waals surface area contributed by atoms with Crippen molar-refractivity contribution in [3.8, 4) is 5.75 Å². The summed E-state index contributed by atoms with van der Waals surface area (Å²) in [4.78, 5) is 0. The molecule has 0 saturated carbocycles. The summed E-state index contributed by atoms with van der Waals surface area (Å²) >= 11 is 0. The summed E-state index contributed by atoms with van der Waals surface area (Å²) in [6.45, 7) is 2.34. The molecule has 2 rings (SSSR count). The predicted molar refractivity (Wildman–Crippen MR) is 49.8 cm³/mol. The van der Waals surface area contributed by atoms with Crippen molar-refractivity contribution in [3.63, 3.8) is 0 Å². The number of anilines is 1. The van der Waals surface area contributed by atoms with E-state index in [1.165, 1.54) is 12.5 Å². The van der Waals surface area contributed by atoms with E-state index in [1.54, 1.807) is 0 Å². The third kappa shape index (κ3) is 1.74. The first kappa shape index (κ1) is 8.35. The molecule has 0 spiro atoms. The van der Waals surface area contributed by atoms with Crippen molar-refractivity contribution in [2.75, 3.05) is 11.9 Å². The molecule has 0 amide bonds. The lowest BCUT2D eigenvalue weighted by atomic mass is 10.1. The SMILES string of the molecule is CC(F)Oc1ccc2c(c1)NCC2. The van der Waals surface area contributed by atoms with Gasteiger partial charge in [0.15, 0.2) is 0 Å². The van der Waals surface area contributed by atoms with Gasteiger partial charge < -0.3 is 10.1 Å². The lowest BCUT2D eigenvalue weighted by Crippen LogP contribution is -2.03. The zero-order valence-electron chi connectivity index (χ0n) is 7.51. The van der Waals surface area contributed by atoms with Gasteiger partial charge >= 0.3 is 0 Å². The van der Waals surface area contributed by atoms with Gasteiger partial charge in [0.1, 0.15) is 5.75 Å². The molecule has 0 fully saturated rings. The van der Waals surface area contributed by atoms with Crippen molar-refractivity contribution >= 4 is 5.69 Å². The maximum Gasteiger partial charge on any atom is 0.235 e. The zero-order valence-corrected chi connectivity index (χ0v) is 7.51. The van der Waals surface area contributed by atoms with E-state index in [9.17, 15) is 4.39 Å². The van der Waals surface area contributed by atoms with Gasteiger partial charge in [-0.15, -0.1) is 0 Å². The van der Waals surface area contributed by atoms with Crippen LogP contribution in [-0.4, -0.2) is 12.9 Å². The smallest absolute Gasteiger partial charge is 0.235 e. The fourth-order valence-corrected chi connectivity index (χ4v) is 1.53. The molecule has 1 aliphatic rings. The van der Waals surface area contributed by atoms with Crippen molar-refractivity contribution in [1.82, 2.24) is 0 Å².